The third-order valence-corrected chi connectivity index (χ3v) is 4.63. The lowest BCUT2D eigenvalue weighted by Gasteiger charge is -2.22. The fourth-order valence-electron chi connectivity index (χ4n) is 2.81. The molecule has 30 heavy (non-hydrogen) atoms. The van der Waals surface area contributed by atoms with Gasteiger partial charge in [0.2, 0.25) is 11.8 Å². The van der Waals surface area contributed by atoms with Crippen LogP contribution in [0.5, 0.6) is 0 Å². The second kappa shape index (κ2) is 9.28. The van der Waals surface area contributed by atoms with Gasteiger partial charge in [0, 0.05) is 38.4 Å². The van der Waals surface area contributed by atoms with Crippen molar-refractivity contribution in [3.8, 4) is 17.3 Å². The lowest BCUT2D eigenvalue weighted by molar-refractivity contribution is -0.129. The monoisotopic (exact) mass is 409 g/mol. The third kappa shape index (κ3) is 5.07. The Bertz CT molecular complexity index is 965. The van der Waals surface area contributed by atoms with Crippen LogP contribution in [0.3, 0.4) is 0 Å². The van der Waals surface area contributed by atoms with Crippen molar-refractivity contribution in [2.75, 3.05) is 31.3 Å². The van der Waals surface area contributed by atoms with E-state index in [-0.39, 0.29) is 36.5 Å². The molecule has 0 bridgehead atoms. The van der Waals surface area contributed by atoms with Gasteiger partial charge in [-0.05, 0) is 25.3 Å². The van der Waals surface area contributed by atoms with Crippen LogP contribution in [0, 0.1) is 17.2 Å². The normalized spacial score (nSPS) is 13.8. The summed E-state index contributed by atoms with van der Waals surface area (Å²) in [4.78, 5) is 38.3. The van der Waals surface area contributed by atoms with Crippen LogP contribution in [0.4, 0.5) is 11.5 Å². The topological polar surface area (TPSA) is 144 Å². The number of likely N-dealkylation sites (N-methyl/N-ethyl adjacent to an activating group) is 1. The molecular formula is C20H23N7O3. The first-order chi connectivity index (χ1) is 14.4. The van der Waals surface area contributed by atoms with Gasteiger partial charge < -0.3 is 20.6 Å². The van der Waals surface area contributed by atoms with Gasteiger partial charge in [-0.1, -0.05) is 0 Å². The second-order valence-electron chi connectivity index (χ2n) is 7.22. The standard InChI is InChI=1S/C20H23N7O3/c1-27(2)20(30)14(5-6-28)25-15-7-13(9-22-16(15)8-21)17-10-24-18(11-23-17)26-19(29)12-3-4-12/h7,9-12,14,25,28H,3-6H2,1-2H3,(H,24,26,29). The van der Waals surface area contributed by atoms with Gasteiger partial charge in [0.05, 0.1) is 23.8 Å². The summed E-state index contributed by atoms with van der Waals surface area (Å²) < 4.78 is 0. The largest absolute Gasteiger partial charge is 0.396 e. The van der Waals surface area contributed by atoms with Gasteiger partial charge in [-0.3, -0.25) is 14.6 Å². The molecule has 1 atom stereocenters. The zero-order valence-electron chi connectivity index (χ0n) is 16.8. The molecular weight excluding hydrogens is 386 g/mol. The number of hydrogen-bond acceptors (Lipinski definition) is 8. The van der Waals surface area contributed by atoms with Crippen LogP contribution in [0.2, 0.25) is 0 Å². The molecule has 2 heterocycles. The van der Waals surface area contributed by atoms with E-state index >= 15 is 0 Å². The van der Waals surface area contributed by atoms with Crippen molar-refractivity contribution in [3.63, 3.8) is 0 Å². The SMILES string of the molecule is CN(C)C(=O)C(CCO)Nc1cc(-c2cnc(NC(=O)C3CC3)cn2)cnc1C#N. The number of carbonyl (C=O) groups excluding carboxylic acids is 2. The number of rotatable bonds is 8. The minimum atomic E-state index is -0.708. The molecule has 3 N–H and O–H groups in total. The smallest absolute Gasteiger partial charge is 0.244 e. The molecule has 1 unspecified atom stereocenters. The van der Waals surface area contributed by atoms with Gasteiger partial charge in [-0.15, -0.1) is 0 Å². The maximum Gasteiger partial charge on any atom is 0.244 e. The predicted octanol–water partition coefficient (Wildman–Crippen LogP) is 1.01. The van der Waals surface area contributed by atoms with Crippen molar-refractivity contribution in [2.24, 2.45) is 5.92 Å². The van der Waals surface area contributed by atoms with Crippen LogP contribution < -0.4 is 10.6 Å². The fraction of sp³-hybridized carbons (Fsp3) is 0.400. The van der Waals surface area contributed by atoms with E-state index in [1.807, 2.05) is 6.07 Å². The number of pyridine rings is 1. The Morgan fingerprint density at radius 3 is 2.60 bits per heavy atom. The first kappa shape index (κ1) is 21.1. The number of nitrogens with zero attached hydrogens (tertiary/aromatic N) is 5. The average molecular weight is 409 g/mol. The van der Waals surface area contributed by atoms with Crippen molar-refractivity contribution >= 4 is 23.3 Å². The minimum absolute atomic E-state index is 0.0518. The number of aromatic nitrogens is 3. The van der Waals surface area contributed by atoms with Crippen molar-refractivity contribution in [1.82, 2.24) is 19.9 Å². The fourth-order valence-corrected chi connectivity index (χ4v) is 2.81. The van der Waals surface area contributed by atoms with Crippen molar-refractivity contribution < 1.29 is 14.7 Å². The van der Waals surface area contributed by atoms with Crippen molar-refractivity contribution in [3.05, 3.63) is 30.4 Å². The van der Waals surface area contributed by atoms with Gasteiger partial charge in [-0.2, -0.15) is 5.26 Å². The highest BCUT2D eigenvalue weighted by atomic mass is 16.3. The Morgan fingerprint density at radius 2 is 2.03 bits per heavy atom. The molecule has 1 fully saturated rings. The summed E-state index contributed by atoms with van der Waals surface area (Å²) in [6, 6.07) is 2.94. The van der Waals surface area contributed by atoms with Gasteiger partial charge in [0.15, 0.2) is 11.5 Å². The first-order valence-electron chi connectivity index (χ1n) is 9.55. The van der Waals surface area contributed by atoms with Gasteiger partial charge in [0.1, 0.15) is 12.1 Å². The molecule has 1 aliphatic carbocycles. The molecule has 2 amide bonds. The summed E-state index contributed by atoms with van der Waals surface area (Å²) in [6.07, 6.45) is 6.44. The van der Waals surface area contributed by atoms with E-state index in [0.29, 0.717) is 22.8 Å². The summed E-state index contributed by atoms with van der Waals surface area (Å²) in [6.45, 7) is -0.189. The van der Waals surface area contributed by atoms with E-state index < -0.39 is 6.04 Å². The highest BCUT2D eigenvalue weighted by Gasteiger charge is 2.29. The Morgan fingerprint density at radius 1 is 1.27 bits per heavy atom. The third-order valence-electron chi connectivity index (χ3n) is 4.63. The molecule has 3 rings (SSSR count). The van der Waals surface area contributed by atoms with E-state index in [9.17, 15) is 20.0 Å². The molecule has 156 valence electrons. The van der Waals surface area contributed by atoms with Crippen LogP contribution in [-0.4, -0.2) is 63.5 Å². The summed E-state index contributed by atoms with van der Waals surface area (Å²) >= 11 is 0. The Kier molecular flexibility index (Phi) is 6.54. The molecule has 0 aliphatic heterocycles. The molecule has 10 heteroatoms. The van der Waals surface area contributed by atoms with Gasteiger partial charge in [0.25, 0.3) is 0 Å². The highest BCUT2D eigenvalue weighted by Crippen LogP contribution is 2.30. The molecule has 2 aromatic rings. The number of nitrogens with one attached hydrogen (secondary N) is 2. The molecule has 0 spiro atoms. The predicted molar refractivity (Wildman–Crippen MR) is 109 cm³/mol. The van der Waals surface area contributed by atoms with E-state index in [4.69, 9.17) is 0 Å². The van der Waals surface area contributed by atoms with E-state index in [0.717, 1.165) is 12.8 Å². The number of nitriles is 1. The van der Waals surface area contributed by atoms with Crippen LogP contribution in [0.15, 0.2) is 24.7 Å². The Labute approximate surface area is 174 Å². The van der Waals surface area contributed by atoms with E-state index in [1.54, 1.807) is 20.2 Å². The summed E-state index contributed by atoms with van der Waals surface area (Å²) in [7, 11) is 3.24. The molecule has 2 aromatic heterocycles. The second-order valence-corrected chi connectivity index (χ2v) is 7.22. The van der Waals surface area contributed by atoms with Crippen molar-refractivity contribution in [2.45, 2.75) is 25.3 Å². The molecule has 1 aliphatic rings. The number of hydrogen-bond donors (Lipinski definition) is 3. The average Bonchev–Trinajstić information content (AvgIpc) is 3.59. The Balaban J connectivity index is 1.82. The Hall–Kier alpha value is -3.58. The molecule has 0 aromatic carbocycles. The zero-order valence-corrected chi connectivity index (χ0v) is 16.8. The van der Waals surface area contributed by atoms with Gasteiger partial charge >= 0.3 is 0 Å². The van der Waals surface area contributed by atoms with E-state index in [2.05, 4.69) is 25.6 Å². The van der Waals surface area contributed by atoms with Crippen molar-refractivity contribution in [1.29, 1.82) is 5.26 Å². The lowest BCUT2D eigenvalue weighted by Crippen LogP contribution is -2.39. The maximum absolute atomic E-state index is 12.4. The highest BCUT2D eigenvalue weighted by molar-refractivity contribution is 5.93. The summed E-state index contributed by atoms with van der Waals surface area (Å²) in [5, 5.41) is 24.4. The first-order valence-corrected chi connectivity index (χ1v) is 9.55. The van der Waals surface area contributed by atoms with E-state index in [1.165, 1.54) is 23.5 Å². The number of anilines is 2. The van der Waals surface area contributed by atoms with Crippen LogP contribution >= 0.6 is 0 Å². The molecule has 10 nitrogen and oxygen atoms in total. The minimum Gasteiger partial charge on any atom is -0.396 e. The van der Waals surface area contributed by atoms with Crippen LogP contribution in [-0.2, 0) is 9.59 Å². The van der Waals surface area contributed by atoms with Crippen LogP contribution in [0.1, 0.15) is 25.0 Å². The van der Waals surface area contributed by atoms with Crippen LogP contribution in [0.25, 0.3) is 11.3 Å². The number of carbonyl (C=O) groups is 2. The molecule has 0 saturated heterocycles. The summed E-state index contributed by atoms with van der Waals surface area (Å²) in [5.41, 5.74) is 1.56. The quantitative estimate of drug-likeness (QED) is 0.586. The number of amides is 2. The zero-order chi connectivity index (χ0) is 21.7. The lowest BCUT2D eigenvalue weighted by atomic mass is 10.1. The molecule has 1 saturated carbocycles. The number of aliphatic hydroxyl groups excluding tert-OH is 1. The molecule has 0 radical (unpaired) electrons. The maximum atomic E-state index is 12.4. The van der Waals surface area contributed by atoms with Gasteiger partial charge in [-0.25, -0.2) is 9.97 Å². The number of aliphatic hydroxyl groups is 1. The summed E-state index contributed by atoms with van der Waals surface area (Å²) in [5.74, 6) is 0.160.